The molecule has 1 aliphatic heterocycles. The standard InChI is InChI=1S/C23H18BrN3O3S/c1-26-21(28)20(14-19-7-4-12-27(19)18-6-3-5-16(24)13-18)31-23(26)25-17-10-8-15(9-11-17)22(29)30-2/h3-14H,1-2H3/b20-14-,25-23?. The Morgan fingerprint density at radius 2 is 1.90 bits per heavy atom. The predicted molar refractivity (Wildman–Crippen MR) is 127 cm³/mol. The van der Waals surface area contributed by atoms with Crippen LogP contribution in [0.5, 0.6) is 0 Å². The molecule has 1 saturated heterocycles. The highest BCUT2D eigenvalue weighted by molar-refractivity contribution is 9.10. The minimum absolute atomic E-state index is 0.114. The molecule has 1 aromatic heterocycles. The molecule has 0 saturated carbocycles. The summed E-state index contributed by atoms with van der Waals surface area (Å²) in [6.07, 6.45) is 3.83. The van der Waals surface area contributed by atoms with Crippen LogP contribution >= 0.6 is 27.7 Å². The average Bonchev–Trinajstić information content (AvgIpc) is 3.34. The number of amidine groups is 1. The van der Waals surface area contributed by atoms with Crippen molar-refractivity contribution in [1.82, 2.24) is 9.47 Å². The Hall–Kier alpha value is -3.10. The van der Waals surface area contributed by atoms with E-state index in [-0.39, 0.29) is 5.91 Å². The monoisotopic (exact) mass is 495 g/mol. The Morgan fingerprint density at radius 3 is 2.61 bits per heavy atom. The number of aliphatic imine (C=N–C) groups is 1. The van der Waals surface area contributed by atoms with E-state index in [0.717, 1.165) is 15.9 Å². The zero-order valence-corrected chi connectivity index (χ0v) is 19.2. The van der Waals surface area contributed by atoms with Crippen LogP contribution in [0.3, 0.4) is 0 Å². The molecular weight excluding hydrogens is 478 g/mol. The largest absolute Gasteiger partial charge is 0.465 e. The van der Waals surface area contributed by atoms with Crippen molar-refractivity contribution in [3.8, 4) is 5.69 Å². The summed E-state index contributed by atoms with van der Waals surface area (Å²) in [6, 6.07) is 18.6. The molecular formula is C23H18BrN3O3S. The van der Waals surface area contributed by atoms with Gasteiger partial charge in [0, 0.05) is 29.1 Å². The minimum atomic E-state index is -0.402. The topological polar surface area (TPSA) is 63.9 Å². The molecule has 0 aliphatic carbocycles. The lowest BCUT2D eigenvalue weighted by Crippen LogP contribution is -2.23. The minimum Gasteiger partial charge on any atom is -0.465 e. The molecule has 1 fully saturated rings. The molecule has 0 bridgehead atoms. The van der Waals surface area contributed by atoms with Gasteiger partial charge in [-0.3, -0.25) is 9.69 Å². The van der Waals surface area contributed by atoms with Gasteiger partial charge in [-0.2, -0.15) is 0 Å². The SMILES string of the molecule is COC(=O)c1ccc(N=C2S/C(=C\c3cccn3-c3cccc(Br)c3)C(=O)N2C)cc1. The van der Waals surface area contributed by atoms with Crippen molar-refractivity contribution >= 4 is 56.5 Å². The van der Waals surface area contributed by atoms with Crippen LogP contribution in [0.1, 0.15) is 16.1 Å². The number of hydrogen-bond acceptors (Lipinski definition) is 5. The van der Waals surface area contributed by atoms with Gasteiger partial charge < -0.3 is 9.30 Å². The van der Waals surface area contributed by atoms with Crippen LogP contribution in [0.15, 0.2) is 81.2 Å². The number of amides is 1. The van der Waals surface area contributed by atoms with Crippen molar-refractivity contribution in [2.45, 2.75) is 0 Å². The van der Waals surface area contributed by atoms with Gasteiger partial charge >= 0.3 is 5.97 Å². The fraction of sp³-hybridized carbons (Fsp3) is 0.0870. The van der Waals surface area contributed by atoms with Crippen molar-refractivity contribution in [1.29, 1.82) is 0 Å². The highest BCUT2D eigenvalue weighted by Gasteiger charge is 2.30. The molecule has 156 valence electrons. The smallest absolute Gasteiger partial charge is 0.337 e. The molecule has 2 aromatic carbocycles. The number of likely N-dealkylation sites (N-methyl/N-ethyl adjacent to an activating group) is 1. The second-order valence-corrected chi connectivity index (χ2v) is 8.62. The summed E-state index contributed by atoms with van der Waals surface area (Å²) in [6.45, 7) is 0. The van der Waals surface area contributed by atoms with E-state index in [1.807, 2.05) is 53.2 Å². The fourth-order valence-electron chi connectivity index (χ4n) is 3.06. The summed E-state index contributed by atoms with van der Waals surface area (Å²) in [5.41, 5.74) is 2.98. The van der Waals surface area contributed by atoms with Crippen LogP contribution in [0, 0.1) is 0 Å². The summed E-state index contributed by atoms with van der Waals surface area (Å²) in [5.74, 6) is -0.516. The molecule has 0 N–H and O–H groups in total. The van der Waals surface area contributed by atoms with Crippen LogP contribution in [0.4, 0.5) is 5.69 Å². The van der Waals surface area contributed by atoms with Crippen molar-refractivity contribution in [3.63, 3.8) is 0 Å². The number of carbonyl (C=O) groups is 2. The number of benzene rings is 2. The average molecular weight is 496 g/mol. The predicted octanol–water partition coefficient (Wildman–Crippen LogP) is 5.26. The Kier molecular flexibility index (Phi) is 6.11. The maximum atomic E-state index is 12.8. The van der Waals surface area contributed by atoms with Gasteiger partial charge in [-0.1, -0.05) is 22.0 Å². The molecule has 0 radical (unpaired) electrons. The lowest BCUT2D eigenvalue weighted by molar-refractivity contribution is -0.121. The van der Waals surface area contributed by atoms with Gasteiger partial charge in [-0.15, -0.1) is 0 Å². The number of aromatic nitrogens is 1. The Labute approximate surface area is 192 Å². The van der Waals surface area contributed by atoms with E-state index in [4.69, 9.17) is 4.74 Å². The molecule has 6 nitrogen and oxygen atoms in total. The molecule has 2 heterocycles. The van der Waals surface area contributed by atoms with Crippen LogP contribution < -0.4 is 0 Å². The number of thioether (sulfide) groups is 1. The van der Waals surface area contributed by atoms with E-state index < -0.39 is 5.97 Å². The van der Waals surface area contributed by atoms with E-state index in [0.29, 0.717) is 21.3 Å². The first kappa shape index (κ1) is 21.1. The molecule has 4 rings (SSSR count). The lowest BCUT2D eigenvalue weighted by Gasteiger charge is -2.08. The number of halogens is 1. The number of ether oxygens (including phenoxy) is 1. The third-order valence-corrected chi connectivity index (χ3v) is 6.22. The highest BCUT2D eigenvalue weighted by atomic mass is 79.9. The normalized spacial score (nSPS) is 16.4. The van der Waals surface area contributed by atoms with Crippen molar-refractivity contribution in [2.75, 3.05) is 14.2 Å². The van der Waals surface area contributed by atoms with Gasteiger partial charge in [-0.05, 0) is 72.4 Å². The molecule has 1 amide bonds. The summed E-state index contributed by atoms with van der Waals surface area (Å²) in [4.78, 5) is 31.1. The number of esters is 1. The zero-order valence-electron chi connectivity index (χ0n) is 16.8. The Morgan fingerprint density at radius 1 is 1.13 bits per heavy atom. The van der Waals surface area contributed by atoms with Crippen molar-refractivity contribution < 1.29 is 14.3 Å². The van der Waals surface area contributed by atoms with Gasteiger partial charge in [0.05, 0.1) is 23.3 Å². The van der Waals surface area contributed by atoms with Crippen molar-refractivity contribution in [3.05, 3.63) is 87.5 Å². The quantitative estimate of drug-likeness (QED) is 0.365. The van der Waals surface area contributed by atoms with Gasteiger partial charge in [0.1, 0.15) is 0 Å². The van der Waals surface area contributed by atoms with Gasteiger partial charge in [-0.25, -0.2) is 9.79 Å². The molecule has 31 heavy (non-hydrogen) atoms. The molecule has 3 aromatic rings. The summed E-state index contributed by atoms with van der Waals surface area (Å²) >= 11 is 4.81. The van der Waals surface area contributed by atoms with E-state index >= 15 is 0 Å². The molecule has 8 heteroatoms. The number of nitrogens with zero attached hydrogens (tertiary/aromatic N) is 3. The summed E-state index contributed by atoms with van der Waals surface area (Å²) < 4.78 is 7.71. The van der Waals surface area contributed by atoms with E-state index in [2.05, 4.69) is 20.9 Å². The molecule has 0 spiro atoms. The highest BCUT2D eigenvalue weighted by Crippen LogP contribution is 2.33. The maximum absolute atomic E-state index is 12.8. The Balaban J connectivity index is 1.61. The maximum Gasteiger partial charge on any atom is 0.337 e. The fourth-order valence-corrected chi connectivity index (χ4v) is 4.42. The Bertz CT molecular complexity index is 1210. The third kappa shape index (κ3) is 4.50. The molecule has 0 unspecified atom stereocenters. The first-order valence-electron chi connectivity index (χ1n) is 9.34. The number of carbonyl (C=O) groups excluding carboxylic acids is 2. The van der Waals surface area contributed by atoms with Crippen molar-refractivity contribution in [2.24, 2.45) is 4.99 Å². The van der Waals surface area contributed by atoms with Crippen LogP contribution in [-0.2, 0) is 9.53 Å². The first-order valence-corrected chi connectivity index (χ1v) is 10.9. The van der Waals surface area contributed by atoms with E-state index in [9.17, 15) is 9.59 Å². The second-order valence-electron chi connectivity index (χ2n) is 6.69. The van der Waals surface area contributed by atoms with Crippen LogP contribution in [-0.4, -0.2) is 40.7 Å². The summed E-state index contributed by atoms with van der Waals surface area (Å²) in [5, 5.41) is 0.572. The number of methoxy groups -OCH3 is 1. The number of hydrogen-bond donors (Lipinski definition) is 0. The van der Waals surface area contributed by atoms with E-state index in [1.165, 1.54) is 23.8 Å². The van der Waals surface area contributed by atoms with Crippen LogP contribution in [0.25, 0.3) is 11.8 Å². The second kappa shape index (κ2) is 8.95. The lowest BCUT2D eigenvalue weighted by atomic mass is 10.2. The summed E-state index contributed by atoms with van der Waals surface area (Å²) in [7, 11) is 3.04. The number of rotatable bonds is 4. The third-order valence-electron chi connectivity index (χ3n) is 4.66. The van der Waals surface area contributed by atoms with Gasteiger partial charge in [0.2, 0.25) is 0 Å². The van der Waals surface area contributed by atoms with Gasteiger partial charge in [0.15, 0.2) is 5.17 Å². The van der Waals surface area contributed by atoms with Gasteiger partial charge in [0.25, 0.3) is 5.91 Å². The van der Waals surface area contributed by atoms with Crippen LogP contribution in [0.2, 0.25) is 0 Å². The molecule has 0 atom stereocenters. The zero-order chi connectivity index (χ0) is 22.0. The molecule has 1 aliphatic rings. The van der Waals surface area contributed by atoms with E-state index in [1.54, 1.807) is 31.3 Å². The first-order chi connectivity index (χ1) is 15.0.